The van der Waals surface area contributed by atoms with Gasteiger partial charge in [0.1, 0.15) is 5.82 Å². The highest BCUT2D eigenvalue weighted by molar-refractivity contribution is 4.91. The molecule has 19 heavy (non-hydrogen) atoms. The summed E-state index contributed by atoms with van der Waals surface area (Å²) in [6.07, 6.45) is 7.36. The number of aromatic nitrogens is 2. The molecule has 1 N–H and O–H groups in total. The molecule has 0 saturated carbocycles. The third-order valence-corrected chi connectivity index (χ3v) is 3.98. The fourth-order valence-corrected chi connectivity index (χ4v) is 2.87. The summed E-state index contributed by atoms with van der Waals surface area (Å²) in [5.41, 5.74) is 0. The van der Waals surface area contributed by atoms with Gasteiger partial charge in [-0.1, -0.05) is 20.3 Å². The maximum Gasteiger partial charge on any atom is 0.142 e. The van der Waals surface area contributed by atoms with Crippen LogP contribution in [0.1, 0.15) is 38.9 Å². The Morgan fingerprint density at radius 1 is 1.32 bits per heavy atom. The Balaban J connectivity index is 1.86. The maximum absolute atomic E-state index is 4.32. The fourth-order valence-electron chi connectivity index (χ4n) is 2.87. The van der Waals surface area contributed by atoms with Gasteiger partial charge in [-0.25, -0.2) is 9.97 Å². The van der Waals surface area contributed by atoms with Crippen LogP contribution < -0.4 is 5.32 Å². The lowest BCUT2D eigenvalue weighted by Gasteiger charge is -2.38. The molecule has 2 atom stereocenters. The van der Waals surface area contributed by atoms with Crippen LogP contribution in [-0.4, -0.2) is 40.5 Å². The van der Waals surface area contributed by atoms with E-state index >= 15 is 0 Å². The highest BCUT2D eigenvalue weighted by Crippen LogP contribution is 2.21. The molecule has 1 aromatic rings. The minimum absolute atomic E-state index is 0.692. The first kappa shape index (κ1) is 14.4. The van der Waals surface area contributed by atoms with E-state index in [1.165, 1.54) is 19.3 Å². The quantitative estimate of drug-likeness (QED) is 0.852. The summed E-state index contributed by atoms with van der Waals surface area (Å²) in [5.74, 6) is 1.70. The van der Waals surface area contributed by atoms with Gasteiger partial charge < -0.3 is 5.32 Å². The van der Waals surface area contributed by atoms with E-state index in [1.54, 1.807) is 0 Å². The Kier molecular flexibility index (Phi) is 5.73. The predicted octanol–water partition coefficient (Wildman–Crippen LogP) is 2.08. The second kappa shape index (κ2) is 7.56. The number of hydrogen-bond donors (Lipinski definition) is 1. The van der Waals surface area contributed by atoms with Crippen molar-refractivity contribution >= 4 is 0 Å². The summed E-state index contributed by atoms with van der Waals surface area (Å²) in [7, 11) is 0. The molecule has 1 aliphatic heterocycles. The van der Waals surface area contributed by atoms with Crippen LogP contribution in [0.3, 0.4) is 0 Å². The van der Waals surface area contributed by atoms with Crippen molar-refractivity contribution in [1.29, 1.82) is 0 Å². The van der Waals surface area contributed by atoms with Crippen LogP contribution in [0.2, 0.25) is 0 Å². The van der Waals surface area contributed by atoms with Crippen LogP contribution in [0.25, 0.3) is 0 Å². The smallest absolute Gasteiger partial charge is 0.142 e. The minimum atomic E-state index is 0.692. The van der Waals surface area contributed by atoms with Crippen molar-refractivity contribution < 1.29 is 0 Å². The van der Waals surface area contributed by atoms with Crippen LogP contribution in [0.15, 0.2) is 18.5 Å². The largest absolute Gasteiger partial charge is 0.314 e. The lowest BCUT2D eigenvalue weighted by molar-refractivity contribution is 0.126. The van der Waals surface area contributed by atoms with Crippen LogP contribution >= 0.6 is 0 Å². The molecule has 0 bridgehead atoms. The highest BCUT2D eigenvalue weighted by Gasteiger charge is 2.27. The van der Waals surface area contributed by atoms with E-state index in [0.717, 1.165) is 37.9 Å². The Labute approximate surface area is 116 Å². The molecular formula is C15H26N4. The first-order chi connectivity index (χ1) is 9.33. The molecule has 1 fully saturated rings. The second-order valence-corrected chi connectivity index (χ2v) is 5.42. The SMILES string of the molecule is CCCNC1CCN(Cc2ncccn2)CC1CC. The zero-order valence-corrected chi connectivity index (χ0v) is 12.2. The molecule has 0 aliphatic carbocycles. The molecule has 106 valence electrons. The van der Waals surface area contributed by atoms with Gasteiger partial charge in [-0.05, 0) is 31.4 Å². The summed E-state index contributed by atoms with van der Waals surface area (Å²) in [6, 6.07) is 2.57. The number of hydrogen-bond acceptors (Lipinski definition) is 4. The zero-order valence-electron chi connectivity index (χ0n) is 12.2. The van der Waals surface area contributed by atoms with Gasteiger partial charge in [0.05, 0.1) is 6.54 Å². The van der Waals surface area contributed by atoms with Crippen molar-refractivity contribution in [2.24, 2.45) is 5.92 Å². The summed E-state index contributed by atoms with van der Waals surface area (Å²) in [4.78, 5) is 11.1. The molecule has 4 nitrogen and oxygen atoms in total. The molecule has 2 unspecified atom stereocenters. The molecule has 2 heterocycles. The standard InChI is InChI=1S/C15H26N4/c1-3-7-16-14-6-10-19(11-13(14)4-2)12-15-17-8-5-9-18-15/h5,8-9,13-14,16H,3-4,6-7,10-12H2,1-2H3. The van der Waals surface area contributed by atoms with Crippen LogP contribution in [0, 0.1) is 5.92 Å². The molecule has 1 aliphatic rings. The molecule has 0 radical (unpaired) electrons. The molecule has 4 heteroatoms. The van der Waals surface area contributed by atoms with Gasteiger partial charge in [-0.3, -0.25) is 4.90 Å². The number of rotatable bonds is 6. The van der Waals surface area contributed by atoms with Gasteiger partial charge in [-0.15, -0.1) is 0 Å². The third-order valence-electron chi connectivity index (χ3n) is 3.98. The van der Waals surface area contributed by atoms with E-state index in [4.69, 9.17) is 0 Å². The van der Waals surface area contributed by atoms with Crippen LogP contribution in [0.5, 0.6) is 0 Å². The van der Waals surface area contributed by atoms with E-state index in [2.05, 4.69) is 34.0 Å². The third kappa shape index (κ3) is 4.25. The summed E-state index contributed by atoms with van der Waals surface area (Å²) < 4.78 is 0. The molecule has 0 aromatic carbocycles. The van der Waals surface area contributed by atoms with Crippen molar-refractivity contribution in [2.75, 3.05) is 19.6 Å². The normalized spacial score (nSPS) is 24.5. The van der Waals surface area contributed by atoms with Crippen molar-refractivity contribution in [3.05, 3.63) is 24.3 Å². The number of nitrogens with one attached hydrogen (secondary N) is 1. The summed E-state index contributed by atoms with van der Waals surface area (Å²) >= 11 is 0. The lowest BCUT2D eigenvalue weighted by atomic mass is 9.90. The second-order valence-electron chi connectivity index (χ2n) is 5.42. The molecule has 0 spiro atoms. The van der Waals surface area contributed by atoms with Gasteiger partial charge in [-0.2, -0.15) is 0 Å². The average molecular weight is 262 g/mol. The van der Waals surface area contributed by atoms with Gasteiger partial charge >= 0.3 is 0 Å². The number of likely N-dealkylation sites (tertiary alicyclic amines) is 1. The van der Waals surface area contributed by atoms with Crippen molar-refractivity contribution in [3.63, 3.8) is 0 Å². The van der Waals surface area contributed by atoms with Crippen molar-refractivity contribution in [3.8, 4) is 0 Å². The van der Waals surface area contributed by atoms with E-state index in [9.17, 15) is 0 Å². The Morgan fingerprint density at radius 3 is 2.79 bits per heavy atom. The minimum Gasteiger partial charge on any atom is -0.314 e. The monoisotopic (exact) mass is 262 g/mol. The average Bonchev–Trinajstić information content (AvgIpc) is 2.47. The van der Waals surface area contributed by atoms with Crippen LogP contribution in [-0.2, 0) is 6.54 Å². The van der Waals surface area contributed by atoms with Gasteiger partial charge in [0.2, 0.25) is 0 Å². The fraction of sp³-hybridized carbons (Fsp3) is 0.733. The van der Waals surface area contributed by atoms with E-state index in [-0.39, 0.29) is 0 Å². The highest BCUT2D eigenvalue weighted by atomic mass is 15.2. The lowest BCUT2D eigenvalue weighted by Crippen LogP contribution is -2.49. The molecule has 1 aromatic heterocycles. The number of piperidine rings is 1. The Hall–Kier alpha value is -1.00. The zero-order chi connectivity index (χ0) is 13.5. The van der Waals surface area contributed by atoms with Crippen LogP contribution in [0.4, 0.5) is 0 Å². The predicted molar refractivity (Wildman–Crippen MR) is 77.8 cm³/mol. The van der Waals surface area contributed by atoms with E-state index in [0.29, 0.717) is 6.04 Å². The molecule has 0 amide bonds. The Bertz CT molecular complexity index is 354. The molecular weight excluding hydrogens is 236 g/mol. The van der Waals surface area contributed by atoms with E-state index in [1.807, 2.05) is 18.5 Å². The van der Waals surface area contributed by atoms with Gasteiger partial charge in [0.15, 0.2) is 0 Å². The van der Waals surface area contributed by atoms with E-state index < -0.39 is 0 Å². The first-order valence-corrected chi connectivity index (χ1v) is 7.55. The van der Waals surface area contributed by atoms with Crippen molar-refractivity contribution in [2.45, 2.75) is 45.7 Å². The van der Waals surface area contributed by atoms with Crippen molar-refractivity contribution in [1.82, 2.24) is 20.2 Å². The topological polar surface area (TPSA) is 41.0 Å². The summed E-state index contributed by atoms with van der Waals surface area (Å²) in [5, 5.41) is 3.70. The first-order valence-electron chi connectivity index (χ1n) is 7.55. The van der Waals surface area contributed by atoms with Gasteiger partial charge in [0, 0.05) is 31.5 Å². The number of nitrogens with zero attached hydrogens (tertiary/aromatic N) is 3. The molecule has 1 saturated heterocycles. The summed E-state index contributed by atoms with van der Waals surface area (Å²) in [6.45, 7) is 8.87. The maximum atomic E-state index is 4.32. The molecule has 2 rings (SSSR count). The van der Waals surface area contributed by atoms with Gasteiger partial charge in [0.25, 0.3) is 0 Å². The Morgan fingerprint density at radius 2 is 2.11 bits per heavy atom.